The lowest BCUT2D eigenvalue weighted by Crippen LogP contribution is -2.61. The van der Waals surface area contributed by atoms with Gasteiger partial charge in [-0.25, -0.2) is 4.79 Å². The van der Waals surface area contributed by atoms with E-state index in [-0.39, 0.29) is 17.1 Å². The molecule has 0 unspecified atom stereocenters. The molecule has 172 valence electrons. The van der Waals surface area contributed by atoms with Gasteiger partial charge < -0.3 is 16.8 Å². The van der Waals surface area contributed by atoms with Crippen LogP contribution in [0.2, 0.25) is 56.4 Å². The monoisotopic (exact) mass is 478 g/mol. The van der Waals surface area contributed by atoms with Crippen LogP contribution in [0.3, 0.4) is 0 Å². The van der Waals surface area contributed by atoms with Crippen molar-refractivity contribution in [2.45, 2.75) is 111 Å². The molecule has 0 aliphatic rings. The number of hydrogen-bond donors (Lipinski definition) is 0. The molecule has 0 rings (SSSR count). The average molecular weight is 479 g/mol. The van der Waals surface area contributed by atoms with Gasteiger partial charge in [-0.3, -0.25) is 0 Å². The molecule has 0 radical (unpaired) electrons. The van der Waals surface area contributed by atoms with Crippen LogP contribution in [0.15, 0.2) is 12.2 Å². The van der Waals surface area contributed by atoms with Crippen molar-refractivity contribution in [1.29, 1.82) is 0 Å². The first-order valence-electron chi connectivity index (χ1n) is 10.9. The third-order valence-corrected chi connectivity index (χ3v) is 21.4. The quantitative estimate of drug-likeness (QED) is 0.214. The Morgan fingerprint density at radius 1 is 0.862 bits per heavy atom. The summed E-state index contributed by atoms with van der Waals surface area (Å²) in [4.78, 5) is 12.4. The van der Waals surface area contributed by atoms with E-state index in [2.05, 4.69) is 67.4 Å². The van der Waals surface area contributed by atoms with Crippen molar-refractivity contribution in [3.63, 3.8) is 0 Å². The largest absolute Gasteiger partial charge is 0.491 e. The predicted octanol–water partition coefficient (Wildman–Crippen LogP) is 6.83. The van der Waals surface area contributed by atoms with Crippen LogP contribution in [0.25, 0.3) is 0 Å². The van der Waals surface area contributed by atoms with Gasteiger partial charge >= 0.3 is 31.7 Å². The molecule has 0 aliphatic carbocycles. The van der Waals surface area contributed by atoms with E-state index >= 15 is 0 Å². The van der Waals surface area contributed by atoms with Crippen LogP contribution in [-0.2, 0) is 21.6 Å². The predicted molar refractivity (Wildman–Crippen MR) is 132 cm³/mol. The molecule has 0 atom stereocenters. The normalized spacial score (nSPS) is 13.9. The van der Waals surface area contributed by atoms with E-state index in [9.17, 15) is 4.79 Å². The van der Waals surface area contributed by atoms with E-state index in [1.54, 1.807) is 6.92 Å². The molecule has 29 heavy (non-hydrogen) atoms. The molecule has 0 heterocycles. The van der Waals surface area contributed by atoms with Gasteiger partial charge in [-0.1, -0.05) is 54.0 Å². The molecule has 0 amide bonds. The number of carbonyl (C=O) groups excluding carboxylic acids is 1. The zero-order valence-corrected chi connectivity index (χ0v) is 25.0. The molecule has 0 saturated carbocycles. The van der Waals surface area contributed by atoms with Crippen LogP contribution in [0, 0.1) is 0 Å². The lowest BCUT2D eigenvalue weighted by atomic mass is 10.4. The van der Waals surface area contributed by atoms with E-state index in [0.717, 1.165) is 6.04 Å². The molecule has 0 bridgehead atoms. The van der Waals surface area contributed by atoms with Crippen LogP contribution in [-0.4, -0.2) is 40.0 Å². The van der Waals surface area contributed by atoms with Crippen molar-refractivity contribution in [3.05, 3.63) is 12.2 Å². The fourth-order valence-corrected chi connectivity index (χ4v) is 23.9. The van der Waals surface area contributed by atoms with E-state index in [1.807, 2.05) is 13.1 Å². The van der Waals surface area contributed by atoms with Crippen molar-refractivity contribution >= 4 is 40.0 Å². The number of hydrogen-bond acceptors (Lipinski definition) is 5. The van der Waals surface area contributed by atoms with Crippen molar-refractivity contribution in [2.24, 2.45) is 0 Å². The standard InChI is InChI=1S/C20H46O5Si4/c1-14-15-16-26(8,9)23-27(10,11)24-28(12,13)25-29(18(4)5,19(6)7)22-20(21)17(2)3/h18-19H,2,14-16H2,1,3-13H3. The molecule has 0 saturated heterocycles. The topological polar surface area (TPSA) is 54.0 Å². The highest BCUT2D eigenvalue weighted by Crippen LogP contribution is 2.38. The molecule has 5 nitrogen and oxygen atoms in total. The minimum absolute atomic E-state index is 0.0993. The SMILES string of the molecule is C=C(C)C(=O)O[Si](O[Si](C)(C)O[Si](C)(C)O[Si](C)(C)CCCC)(C(C)C)C(C)C. The Kier molecular flexibility index (Phi) is 11.0. The molecule has 0 N–H and O–H groups in total. The fourth-order valence-electron chi connectivity index (χ4n) is 3.73. The second-order valence-electron chi connectivity index (χ2n) is 10.2. The molecular weight excluding hydrogens is 433 g/mol. The third kappa shape index (κ3) is 9.75. The van der Waals surface area contributed by atoms with Crippen LogP contribution in [0.1, 0.15) is 54.4 Å². The van der Waals surface area contributed by atoms with Crippen LogP contribution < -0.4 is 0 Å². The Bertz CT molecular complexity index is 551. The minimum Gasteiger partial charge on any atom is -0.491 e. The van der Waals surface area contributed by atoms with Crippen molar-refractivity contribution in [2.75, 3.05) is 0 Å². The number of unbranched alkanes of at least 4 members (excludes halogenated alkanes) is 1. The minimum atomic E-state index is -2.89. The maximum Gasteiger partial charge on any atom is 0.398 e. The lowest BCUT2D eigenvalue weighted by Gasteiger charge is -2.44. The van der Waals surface area contributed by atoms with E-state index in [0.29, 0.717) is 5.57 Å². The van der Waals surface area contributed by atoms with Crippen molar-refractivity contribution in [3.8, 4) is 0 Å². The highest BCUT2D eigenvalue weighted by Gasteiger charge is 2.54. The van der Waals surface area contributed by atoms with Gasteiger partial charge in [-0.2, -0.15) is 0 Å². The molecule has 0 spiro atoms. The van der Waals surface area contributed by atoms with E-state index in [1.165, 1.54) is 12.8 Å². The second-order valence-corrected chi connectivity index (χ2v) is 26.2. The van der Waals surface area contributed by atoms with Gasteiger partial charge in [0.1, 0.15) is 0 Å². The van der Waals surface area contributed by atoms with Crippen LogP contribution in [0.4, 0.5) is 0 Å². The Morgan fingerprint density at radius 2 is 1.31 bits per heavy atom. The third-order valence-electron chi connectivity index (χ3n) is 4.76. The molecular formula is C20H46O5Si4. The van der Waals surface area contributed by atoms with Gasteiger partial charge in [0.2, 0.25) is 0 Å². The summed E-state index contributed by atoms with van der Waals surface area (Å²) in [5, 5.41) is 0. The first-order valence-corrected chi connectivity index (χ1v) is 21.6. The van der Waals surface area contributed by atoms with Gasteiger partial charge in [-0.15, -0.1) is 0 Å². The summed E-state index contributed by atoms with van der Waals surface area (Å²) in [5.74, 6) is -0.371. The Hall–Kier alpha value is -0.0425. The summed E-state index contributed by atoms with van der Waals surface area (Å²) in [6, 6.07) is 1.14. The van der Waals surface area contributed by atoms with Crippen molar-refractivity contribution in [1.82, 2.24) is 0 Å². The van der Waals surface area contributed by atoms with Crippen molar-refractivity contribution < 1.29 is 21.6 Å². The maximum absolute atomic E-state index is 12.4. The molecule has 0 aromatic rings. The lowest BCUT2D eigenvalue weighted by molar-refractivity contribution is -0.132. The second kappa shape index (κ2) is 11.0. The summed E-state index contributed by atoms with van der Waals surface area (Å²) in [6.45, 7) is 28.8. The highest BCUT2D eigenvalue weighted by molar-refractivity contribution is 6.89. The Morgan fingerprint density at radius 3 is 1.69 bits per heavy atom. The molecule has 0 aromatic carbocycles. The summed E-state index contributed by atoms with van der Waals surface area (Å²) >= 11 is 0. The van der Waals surface area contributed by atoms with Gasteiger partial charge in [-0.05, 0) is 52.2 Å². The summed E-state index contributed by atoms with van der Waals surface area (Å²) in [6.07, 6.45) is 2.37. The zero-order chi connectivity index (χ0) is 23.3. The summed E-state index contributed by atoms with van der Waals surface area (Å²) in [5.41, 5.74) is 0.596. The molecule has 0 fully saturated rings. The first-order chi connectivity index (χ1) is 12.9. The maximum atomic E-state index is 12.4. The molecule has 0 aliphatic heterocycles. The summed E-state index contributed by atoms with van der Waals surface area (Å²) in [7, 11) is -9.68. The van der Waals surface area contributed by atoms with Crippen LogP contribution in [0.5, 0.6) is 0 Å². The molecule has 0 aromatic heterocycles. The van der Waals surface area contributed by atoms with Gasteiger partial charge in [0, 0.05) is 16.7 Å². The Labute approximate surface area is 184 Å². The fraction of sp³-hybridized carbons (Fsp3) is 0.850. The van der Waals surface area contributed by atoms with Gasteiger partial charge in [0.05, 0.1) is 0 Å². The first kappa shape index (κ1) is 29.0. The number of rotatable bonds is 13. The summed E-state index contributed by atoms with van der Waals surface area (Å²) < 4.78 is 26.0. The Balaban J connectivity index is 5.61. The smallest absolute Gasteiger partial charge is 0.398 e. The highest BCUT2D eigenvalue weighted by atomic mass is 28.5. The zero-order valence-electron chi connectivity index (χ0n) is 21.0. The van der Waals surface area contributed by atoms with E-state index < -0.39 is 34.0 Å². The average Bonchev–Trinajstić information content (AvgIpc) is 2.48. The van der Waals surface area contributed by atoms with E-state index in [4.69, 9.17) is 16.8 Å². The van der Waals surface area contributed by atoms with Gasteiger partial charge in [0.15, 0.2) is 8.32 Å². The van der Waals surface area contributed by atoms with Crippen LogP contribution >= 0.6 is 0 Å². The van der Waals surface area contributed by atoms with Gasteiger partial charge in [0.25, 0.3) is 0 Å². The molecule has 9 heteroatoms. The number of carbonyl (C=O) groups is 1.